The van der Waals surface area contributed by atoms with E-state index in [0.29, 0.717) is 0 Å². The number of piperidine rings is 1. The van der Waals surface area contributed by atoms with Crippen LogP contribution in [0, 0.1) is 18.8 Å². The average molecular weight is 323 g/mol. The Labute approximate surface area is 139 Å². The molecule has 2 unspecified atom stereocenters. The number of likely N-dealkylation sites (tertiary alicyclic amines) is 1. The van der Waals surface area contributed by atoms with Gasteiger partial charge in [-0.25, -0.2) is 4.98 Å². The molecule has 1 N–H and O–H groups in total. The van der Waals surface area contributed by atoms with Gasteiger partial charge in [-0.2, -0.15) is 0 Å². The van der Waals surface area contributed by atoms with E-state index in [1.54, 1.807) is 11.3 Å². The zero-order valence-electron chi connectivity index (χ0n) is 14.4. The van der Waals surface area contributed by atoms with Crippen molar-refractivity contribution < 1.29 is 0 Å². The molecule has 1 saturated heterocycles. The van der Waals surface area contributed by atoms with Gasteiger partial charge < -0.3 is 10.2 Å². The molecule has 0 aliphatic carbocycles. The van der Waals surface area contributed by atoms with E-state index in [2.05, 4.69) is 46.3 Å². The van der Waals surface area contributed by atoms with Crippen molar-refractivity contribution in [3.8, 4) is 0 Å². The second-order valence-corrected chi connectivity index (χ2v) is 7.61. The first kappa shape index (κ1) is 17.3. The van der Waals surface area contributed by atoms with Crippen LogP contribution < -0.4 is 5.32 Å². The number of nitrogens with one attached hydrogen (secondary N) is 1. The van der Waals surface area contributed by atoms with E-state index in [9.17, 15) is 0 Å². The highest BCUT2D eigenvalue weighted by molar-refractivity contribution is 7.09. The standard InChI is InChI=1S/C17H30N4S/c1-13-9-14(2)11-21(10-13)17(18-4)19-8-6-5-7-16-20-15(3)12-22-16/h12-14H,5-11H2,1-4H3,(H,18,19). The lowest BCUT2D eigenvalue weighted by atomic mass is 9.92. The lowest BCUT2D eigenvalue weighted by molar-refractivity contribution is 0.208. The second-order valence-electron chi connectivity index (χ2n) is 6.66. The molecule has 22 heavy (non-hydrogen) atoms. The minimum atomic E-state index is 0.760. The fraction of sp³-hybridized carbons (Fsp3) is 0.765. The van der Waals surface area contributed by atoms with Gasteiger partial charge in [-0.05, 0) is 44.4 Å². The first-order chi connectivity index (χ1) is 10.6. The minimum Gasteiger partial charge on any atom is -0.356 e. The molecule has 0 amide bonds. The molecule has 0 radical (unpaired) electrons. The minimum absolute atomic E-state index is 0.760. The van der Waals surface area contributed by atoms with Crippen molar-refractivity contribution in [2.45, 2.75) is 46.5 Å². The van der Waals surface area contributed by atoms with E-state index in [1.807, 2.05) is 7.05 Å². The molecule has 0 aromatic carbocycles. The van der Waals surface area contributed by atoms with Gasteiger partial charge in [0, 0.05) is 37.8 Å². The Hall–Kier alpha value is -1.10. The largest absolute Gasteiger partial charge is 0.356 e. The molecule has 0 saturated carbocycles. The quantitative estimate of drug-likeness (QED) is 0.513. The van der Waals surface area contributed by atoms with Crippen LogP contribution >= 0.6 is 11.3 Å². The third kappa shape index (κ3) is 5.27. The Balaban J connectivity index is 1.68. The number of aliphatic imine (C=N–C) groups is 1. The van der Waals surface area contributed by atoms with Gasteiger partial charge in [-0.3, -0.25) is 4.99 Å². The molecule has 1 aliphatic rings. The summed E-state index contributed by atoms with van der Waals surface area (Å²) in [6.07, 6.45) is 4.78. The smallest absolute Gasteiger partial charge is 0.193 e. The van der Waals surface area contributed by atoms with Crippen LogP contribution in [0.4, 0.5) is 0 Å². The highest BCUT2D eigenvalue weighted by Gasteiger charge is 2.23. The van der Waals surface area contributed by atoms with E-state index >= 15 is 0 Å². The van der Waals surface area contributed by atoms with Crippen molar-refractivity contribution in [3.63, 3.8) is 0 Å². The molecule has 2 heterocycles. The number of unbranched alkanes of at least 4 members (excludes halogenated alkanes) is 1. The van der Waals surface area contributed by atoms with Crippen molar-refractivity contribution in [2.24, 2.45) is 16.8 Å². The highest BCUT2D eigenvalue weighted by Crippen LogP contribution is 2.20. The number of thiazole rings is 1. The SMILES string of the molecule is CN=C(NCCCCc1nc(C)cs1)N1CC(C)CC(C)C1. The molecular formula is C17H30N4S. The van der Waals surface area contributed by atoms with E-state index in [4.69, 9.17) is 0 Å². The topological polar surface area (TPSA) is 40.5 Å². The molecule has 4 nitrogen and oxygen atoms in total. The van der Waals surface area contributed by atoms with Crippen molar-refractivity contribution in [3.05, 3.63) is 16.1 Å². The van der Waals surface area contributed by atoms with Crippen LogP contribution in [-0.4, -0.2) is 42.5 Å². The van der Waals surface area contributed by atoms with E-state index < -0.39 is 0 Å². The Morgan fingerprint density at radius 3 is 2.68 bits per heavy atom. The Bertz CT molecular complexity index is 473. The summed E-state index contributed by atoms with van der Waals surface area (Å²) in [5, 5.41) is 6.93. The highest BCUT2D eigenvalue weighted by atomic mass is 32.1. The monoisotopic (exact) mass is 322 g/mol. The first-order valence-corrected chi connectivity index (χ1v) is 9.33. The zero-order valence-corrected chi connectivity index (χ0v) is 15.2. The third-order valence-corrected chi connectivity index (χ3v) is 5.17. The lowest BCUT2D eigenvalue weighted by Gasteiger charge is -2.37. The summed E-state index contributed by atoms with van der Waals surface area (Å²) in [6, 6.07) is 0. The van der Waals surface area contributed by atoms with Crippen molar-refractivity contribution in [1.82, 2.24) is 15.2 Å². The maximum Gasteiger partial charge on any atom is 0.193 e. The van der Waals surface area contributed by atoms with Crippen LogP contribution in [-0.2, 0) is 6.42 Å². The second kappa shape index (κ2) is 8.51. The molecule has 2 atom stereocenters. The molecule has 1 aromatic rings. The Kier molecular flexibility index (Phi) is 6.68. The molecule has 0 spiro atoms. The molecule has 1 aliphatic heterocycles. The van der Waals surface area contributed by atoms with Gasteiger partial charge in [0.1, 0.15) is 0 Å². The molecule has 1 fully saturated rings. The van der Waals surface area contributed by atoms with Gasteiger partial charge in [0.2, 0.25) is 0 Å². The predicted molar refractivity (Wildman–Crippen MR) is 95.7 cm³/mol. The Morgan fingerprint density at radius 1 is 1.36 bits per heavy atom. The summed E-state index contributed by atoms with van der Waals surface area (Å²) in [4.78, 5) is 11.4. The molecular weight excluding hydrogens is 292 g/mol. The number of hydrogen-bond donors (Lipinski definition) is 1. The van der Waals surface area contributed by atoms with Gasteiger partial charge >= 0.3 is 0 Å². The van der Waals surface area contributed by atoms with Gasteiger partial charge in [-0.1, -0.05) is 13.8 Å². The van der Waals surface area contributed by atoms with Crippen LogP contribution in [0.5, 0.6) is 0 Å². The van der Waals surface area contributed by atoms with Gasteiger partial charge in [0.15, 0.2) is 5.96 Å². The van der Waals surface area contributed by atoms with Crippen molar-refractivity contribution in [1.29, 1.82) is 0 Å². The zero-order chi connectivity index (χ0) is 15.9. The molecule has 5 heteroatoms. The third-order valence-electron chi connectivity index (χ3n) is 4.15. The number of aromatic nitrogens is 1. The summed E-state index contributed by atoms with van der Waals surface area (Å²) < 4.78 is 0. The molecule has 124 valence electrons. The summed E-state index contributed by atoms with van der Waals surface area (Å²) in [5.41, 5.74) is 1.15. The van der Waals surface area contributed by atoms with Crippen LogP contribution in [0.2, 0.25) is 0 Å². The normalized spacial score (nSPS) is 22.9. The van der Waals surface area contributed by atoms with E-state index in [-0.39, 0.29) is 0 Å². The summed E-state index contributed by atoms with van der Waals surface area (Å²) in [7, 11) is 1.89. The van der Waals surface area contributed by atoms with Crippen molar-refractivity contribution in [2.75, 3.05) is 26.7 Å². The van der Waals surface area contributed by atoms with Crippen LogP contribution in [0.25, 0.3) is 0 Å². The van der Waals surface area contributed by atoms with Crippen LogP contribution in [0.15, 0.2) is 10.4 Å². The molecule has 0 bridgehead atoms. The fourth-order valence-electron chi connectivity index (χ4n) is 3.29. The summed E-state index contributed by atoms with van der Waals surface area (Å²) in [5.74, 6) is 2.59. The first-order valence-electron chi connectivity index (χ1n) is 8.45. The van der Waals surface area contributed by atoms with Gasteiger partial charge in [0.05, 0.1) is 5.01 Å². The number of hydrogen-bond acceptors (Lipinski definition) is 3. The molecule has 1 aromatic heterocycles. The van der Waals surface area contributed by atoms with E-state index in [0.717, 1.165) is 56.0 Å². The average Bonchev–Trinajstić information content (AvgIpc) is 2.87. The number of guanidine groups is 1. The van der Waals surface area contributed by atoms with Gasteiger partial charge in [-0.15, -0.1) is 11.3 Å². The van der Waals surface area contributed by atoms with E-state index in [1.165, 1.54) is 17.8 Å². The predicted octanol–water partition coefficient (Wildman–Crippen LogP) is 3.33. The lowest BCUT2D eigenvalue weighted by Crippen LogP contribution is -2.48. The summed E-state index contributed by atoms with van der Waals surface area (Å²) >= 11 is 1.78. The van der Waals surface area contributed by atoms with Crippen LogP contribution in [0.1, 0.15) is 43.8 Å². The Morgan fingerprint density at radius 2 is 2.09 bits per heavy atom. The molecule has 2 rings (SSSR count). The fourth-order valence-corrected chi connectivity index (χ4v) is 4.11. The summed E-state index contributed by atoms with van der Waals surface area (Å²) in [6.45, 7) is 9.99. The maximum atomic E-state index is 4.52. The van der Waals surface area contributed by atoms with Crippen molar-refractivity contribution >= 4 is 17.3 Å². The number of rotatable bonds is 5. The number of nitrogens with zero attached hydrogens (tertiary/aromatic N) is 3. The van der Waals surface area contributed by atoms with Crippen LogP contribution in [0.3, 0.4) is 0 Å². The number of aryl methyl sites for hydroxylation is 2. The van der Waals surface area contributed by atoms with Gasteiger partial charge in [0.25, 0.3) is 0 Å². The maximum absolute atomic E-state index is 4.52.